The third kappa shape index (κ3) is 6.49. The predicted molar refractivity (Wildman–Crippen MR) is 134 cm³/mol. The van der Waals surface area contributed by atoms with Gasteiger partial charge < -0.3 is 10.1 Å². The second-order valence-corrected chi connectivity index (χ2v) is 11.3. The molecule has 0 spiro atoms. The number of rotatable bonds is 8. The third-order valence-corrected chi connectivity index (χ3v) is 6.61. The summed E-state index contributed by atoms with van der Waals surface area (Å²) in [4.78, 5) is 23.0. The summed E-state index contributed by atoms with van der Waals surface area (Å²) >= 11 is 0. The Morgan fingerprint density at radius 1 is 1.19 bits per heavy atom. The maximum Gasteiger partial charge on any atom is 0.272 e. The monoisotopic (exact) mass is 533 g/mol. The van der Waals surface area contributed by atoms with Crippen molar-refractivity contribution in [2.75, 3.05) is 0 Å². The van der Waals surface area contributed by atoms with Crippen LogP contribution in [0.3, 0.4) is 0 Å². The van der Waals surface area contributed by atoms with Gasteiger partial charge in [0, 0.05) is 29.3 Å². The van der Waals surface area contributed by atoms with E-state index in [-0.39, 0.29) is 34.6 Å². The molecule has 0 fully saturated rings. The highest BCUT2D eigenvalue weighted by Gasteiger charge is 2.30. The Morgan fingerprint density at radius 2 is 1.86 bits per heavy atom. The van der Waals surface area contributed by atoms with E-state index < -0.39 is 42.8 Å². The molecule has 0 aliphatic rings. The van der Waals surface area contributed by atoms with Crippen LogP contribution < -0.4 is 14.8 Å². The fourth-order valence-corrected chi connectivity index (χ4v) is 4.96. The number of hydrogen-bond acceptors (Lipinski definition) is 7. The highest BCUT2D eigenvalue weighted by Crippen LogP contribution is 2.36. The fourth-order valence-electron chi connectivity index (χ4n) is 3.40. The summed E-state index contributed by atoms with van der Waals surface area (Å²) in [6.07, 6.45) is 0. The van der Waals surface area contributed by atoms with Crippen LogP contribution in [0.25, 0.3) is 5.69 Å². The van der Waals surface area contributed by atoms with Crippen molar-refractivity contribution in [3.63, 3.8) is 0 Å². The van der Waals surface area contributed by atoms with Gasteiger partial charge in [0.2, 0.25) is 15.9 Å². The van der Waals surface area contributed by atoms with Gasteiger partial charge in [0.25, 0.3) is 11.6 Å². The van der Waals surface area contributed by atoms with Gasteiger partial charge in [-0.1, -0.05) is 6.07 Å². The molecule has 0 aliphatic carbocycles. The van der Waals surface area contributed by atoms with Gasteiger partial charge in [-0.2, -0.15) is 9.78 Å². The lowest BCUT2D eigenvalue weighted by atomic mass is 10.1. The molecule has 3 rings (SSSR count). The molecule has 0 atom stereocenters. The van der Waals surface area contributed by atoms with E-state index in [0.717, 1.165) is 24.3 Å². The number of nitro benzene ring substituents is 1. The van der Waals surface area contributed by atoms with E-state index in [4.69, 9.17) is 4.74 Å². The van der Waals surface area contributed by atoms with Gasteiger partial charge in [-0.3, -0.25) is 14.9 Å². The van der Waals surface area contributed by atoms with Crippen LogP contribution in [0, 0.1) is 22.9 Å². The number of amides is 1. The normalized spacial score (nSPS) is 12.0. The summed E-state index contributed by atoms with van der Waals surface area (Å²) in [7, 11) is -4.30. The Balaban J connectivity index is 2.23. The van der Waals surface area contributed by atoms with Crippen LogP contribution in [-0.4, -0.2) is 40.6 Å². The molecule has 2 aromatic carbocycles. The van der Waals surface area contributed by atoms with Gasteiger partial charge in [0.05, 0.1) is 10.6 Å². The van der Waals surface area contributed by atoms with E-state index in [1.807, 2.05) is 0 Å². The van der Waals surface area contributed by atoms with Crippen molar-refractivity contribution in [3.8, 4) is 17.3 Å². The molecule has 13 heteroatoms. The minimum absolute atomic E-state index is 0.0212. The fraction of sp³-hybridized carbons (Fsp3) is 0.333. The van der Waals surface area contributed by atoms with Crippen LogP contribution in [0.15, 0.2) is 47.4 Å². The molecule has 0 aliphatic heterocycles. The molecular formula is C24H28FN5O6S. The first-order valence-corrected chi connectivity index (χ1v) is 12.7. The van der Waals surface area contributed by atoms with E-state index in [2.05, 4.69) is 15.1 Å². The summed E-state index contributed by atoms with van der Waals surface area (Å²) < 4.78 is 50.1. The molecule has 0 bridgehead atoms. The zero-order valence-corrected chi connectivity index (χ0v) is 22.0. The van der Waals surface area contributed by atoms with Gasteiger partial charge in [-0.05, 0) is 65.8 Å². The molecule has 11 nitrogen and oxygen atoms in total. The number of nitrogens with zero attached hydrogens (tertiary/aromatic N) is 3. The van der Waals surface area contributed by atoms with Gasteiger partial charge >= 0.3 is 0 Å². The van der Waals surface area contributed by atoms with Crippen molar-refractivity contribution in [2.24, 2.45) is 0 Å². The number of nitrogens with one attached hydrogen (secondary N) is 2. The van der Waals surface area contributed by atoms with E-state index in [0.29, 0.717) is 0 Å². The second kappa shape index (κ2) is 10.3. The molecule has 0 saturated carbocycles. The SMILES string of the molecule is Cc1c(C(=O)NC(C)C)nn(-c2cccc(F)c2)c1Oc1ccc([N+](=O)[O-])cc1S(=O)(=O)NC(C)(C)C. The van der Waals surface area contributed by atoms with Crippen molar-refractivity contribution in [1.29, 1.82) is 0 Å². The molecular weight excluding hydrogens is 505 g/mol. The minimum atomic E-state index is -4.30. The number of non-ortho nitro benzene ring substituents is 1. The Kier molecular flexibility index (Phi) is 7.70. The average Bonchev–Trinajstić information content (AvgIpc) is 3.08. The van der Waals surface area contributed by atoms with E-state index in [1.165, 1.54) is 22.9 Å². The summed E-state index contributed by atoms with van der Waals surface area (Å²) in [5.41, 5.74) is -0.933. The maximum absolute atomic E-state index is 14.0. The smallest absolute Gasteiger partial charge is 0.272 e. The Hall–Kier alpha value is -3.84. The first-order chi connectivity index (χ1) is 17.1. The topological polar surface area (TPSA) is 145 Å². The van der Waals surface area contributed by atoms with Crippen molar-refractivity contribution < 1.29 is 27.3 Å². The molecule has 198 valence electrons. The Labute approximate surface area is 213 Å². The number of nitro groups is 1. The lowest BCUT2D eigenvalue weighted by molar-refractivity contribution is -0.385. The van der Waals surface area contributed by atoms with E-state index >= 15 is 0 Å². The lowest BCUT2D eigenvalue weighted by Gasteiger charge is -2.21. The molecule has 0 unspecified atom stereocenters. The standard InChI is InChI=1S/C24H28FN5O6S/c1-14(2)26-22(31)21-15(3)23(29(27-21)17-9-7-8-16(25)12-17)36-19-11-10-18(30(32)33)13-20(19)37(34,35)28-24(4,5)6/h7-14,28H,1-6H3,(H,26,31). The van der Waals surface area contributed by atoms with Crippen LogP contribution in [0.5, 0.6) is 11.6 Å². The van der Waals surface area contributed by atoms with Crippen molar-refractivity contribution in [3.05, 3.63) is 69.7 Å². The van der Waals surface area contributed by atoms with Crippen LogP contribution in [-0.2, 0) is 10.0 Å². The van der Waals surface area contributed by atoms with Crippen molar-refractivity contribution >= 4 is 21.6 Å². The second-order valence-electron chi connectivity index (χ2n) is 9.64. The third-order valence-electron chi connectivity index (χ3n) is 4.83. The molecule has 3 aromatic rings. The molecule has 37 heavy (non-hydrogen) atoms. The quantitative estimate of drug-likeness (QED) is 0.325. The number of ether oxygens (including phenoxy) is 1. The first-order valence-electron chi connectivity index (χ1n) is 11.3. The summed E-state index contributed by atoms with van der Waals surface area (Å²) in [6, 6.07) is 8.28. The largest absolute Gasteiger partial charge is 0.437 e. The van der Waals surface area contributed by atoms with Crippen molar-refractivity contribution in [2.45, 2.75) is 58.0 Å². The Bertz CT molecular complexity index is 1460. The minimum Gasteiger partial charge on any atom is -0.437 e. The van der Waals surface area contributed by atoms with Gasteiger partial charge in [-0.25, -0.2) is 17.5 Å². The molecule has 0 saturated heterocycles. The number of carbonyl (C=O) groups excluding carboxylic acids is 1. The highest BCUT2D eigenvalue weighted by atomic mass is 32.2. The molecule has 1 amide bonds. The predicted octanol–water partition coefficient (Wildman–Crippen LogP) is 4.24. The molecule has 2 N–H and O–H groups in total. The average molecular weight is 534 g/mol. The first kappa shape index (κ1) is 27.7. The number of sulfonamides is 1. The number of halogens is 1. The molecule has 1 heterocycles. The van der Waals surface area contributed by atoms with Gasteiger partial charge in [0.15, 0.2) is 5.69 Å². The number of aromatic nitrogens is 2. The van der Waals surface area contributed by atoms with E-state index in [9.17, 15) is 27.7 Å². The summed E-state index contributed by atoms with van der Waals surface area (Å²) in [5, 5.41) is 18.4. The number of hydrogen-bond donors (Lipinski definition) is 2. The Morgan fingerprint density at radius 3 is 2.43 bits per heavy atom. The number of carbonyl (C=O) groups is 1. The van der Waals surface area contributed by atoms with E-state index in [1.54, 1.807) is 41.5 Å². The van der Waals surface area contributed by atoms with Crippen LogP contribution >= 0.6 is 0 Å². The van der Waals surface area contributed by atoms with Crippen LogP contribution in [0.2, 0.25) is 0 Å². The summed E-state index contributed by atoms with van der Waals surface area (Å²) in [6.45, 7) is 9.93. The molecule has 1 aromatic heterocycles. The number of benzene rings is 2. The van der Waals surface area contributed by atoms with Crippen molar-refractivity contribution in [1.82, 2.24) is 19.8 Å². The van der Waals surface area contributed by atoms with Gasteiger partial charge in [-0.15, -0.1) is 0 Å². The van der Waals surface area contributed by atoms with Crippen LogP contribution in [0.1, 0.15) is 50.7 Å². The lowest BCUT2D eigenvalue weighted by Crippen LogP contribution is -2.40. The van der Waals surface area contributed by atoms with Crippen LogP contribution in [0.4, 0.5) is 10.1 Å². The zero-order chi connectivity index (χ0) is 27.7. The molecule has 0 radical (unpaired) electrons. The van der Waals surface area contributed by atoms with Gasteiger partial charge in [0.1, 0.15) is 16.5 Å². The zero-order valence-electron chi connectivity index (χ0n) is 21.2. The maximum atomic E-state index is 14.0. The summed E-state index contributed by atoms with van der Waals surface area (Å²) in [5.74, 6) is -1.41. The highest BCUT2D eigenvalue weighted by molar-refractivity contribution is 7.89.